The average molecular weight is 273 g/mol. The van der Waals surface area contributed by atoms with E-state index >= 15 is 0 Å². The highest BCUT2D eigenvalue weighted by atomic mass is 16.2. The van der Waals surface area contributed by atoms with E-state index in [9.17, 15) is 4.79 Å². The van der Waals surface area contributed by atoms with E-state index in [4.69, 9.17) is 0 Å². The molecule has 20 heavy (non-hydrogen) atoms. The molecule has 1 atom stereocenters. The van der Waals surface area contributed by atoms with Gasteiger partial charge in [0.25, 0.3) is 5.91 Å². The summed E-state index contributed by atoms with van der Waals surface area (Å²) in [5.41, 5.74) is 2.84. The topological polar surface area (TPSA) is 44.4 Å². The number of benzene rings is 1. The molecule has 0 aliphatic carbocycles. The van der Waals surface area contributed by atoms with E-state index in [2.05, 4.69) is 22.5 Å². The second-order valence-corrected chi connectivity index (χ2v) is 5.64. The van der Waals surface area contributed by atoms with Crippen molar-refractivity contribution in [1.82, 2.24) is 4.90 Å². The number of nitrogens with one attached hydrogen (secondary N) is 2. The second-order valence-electron chi connectivity index (χ2n) is 5.64. The van der Waals surface area contributed by atoms with Gasteiger partial charge in [-0.1, -0.05) is 13.0 Å². The Morgan fingerprint density at radius 2 is 2.15 bits per heavy atom. The minimum Gasteiger partial charge on any atom is -0.382 e. The zero-order chi connectivity index (χ0) is 13.9. The van der Waals surface area contributed by atoms with Gasteiger partial charge in [-0.25, -0.2) is 0 Å². The molecule has 0 saturated carbocycles. The molecular weight excluding hydrogens is 250 g/mol. The molecule has 0 spiro atoms. The number of anilines is 2. The molecule has 108 valence electrons. The fourth-order valence-electron chi connectivity index (χ4n) is 3.30. The highest BCUT2D eigenvalue weighted by Crippen LogP contribution is 2.31. The molecule has 1 aromatic carbocycles. The Balaban J connectivity index is 1.90. The first-order valence-electron chi connectivity index (χ1n) is 7.73. The van der Waals surface area contributed by atoms with Crippen LogP contribution in [0.5, 0.6) is 0 Å². The standard InChI is InChI=1S/C16H23N3O/c1-2-12-6-3-4-11-19(12)16(20)13-7-5-8-14-15(13)18-10-9-17-14/h5,7-8,12,17-18H,2-4,6,9-11H2,1H3. The van der Waals surface area contributed by atoms with Crippen LogP contribution in [0.1, 0.15) is 43.0 Å². The Morgan fingerprint density at radius 3 is 3.00 bits per heavy atom. The normalized spacial score (nSPS) is 21.6. The number of para-hydroxylation sites is 1. The summed E-state index contributed by atoms with van der Waals surface area (Å²) in [5, 5.41) is 6.73. The minimum absolute atomic E-state index is 0.185. The van der Waals surface area contributed by atoms with Crippen LogP contribution < -0.4 is 10.6 Å². The zero-order valence-corrected chi connectivity index (χ0v) is 12.1. The first-order valence-corrected chi connectivity index (χ1v) is 7.73. The molecule has 3 rings (SSSR count). The lowest BCUT2D eigenvalue weighted by molar-refractivity contribution is 0.0609. The number of piperidine rings is 1. The Morgan fingerprint density at radius 1 is 1.30 bits per heavy atom. The van der Waals surface area contributed by atoms with Crippen molar-refractivity contribution in [2.24, 2.45) is 0 Å². The summed E-state index contributed by atoms with van der Waals surface area (Å²) in [7, 11) is 0. The molecule has 0 bridgehead atoms. The summed E-state index contributed by atoms with van der Waals surface area (Å²) in [6.07, 6.45) is 4.56. The molecule has 2 heterocycles. The summed E-state index contributed by atoms with van der Waals surface area (Å²) in [5.74, 6) is 0.185. The van der Waals surface area contributed by atoms with Gasteiger partial charge >= 0.3 is 0 Å². The van der Waals surface area contributed by atoms with Crippen LogP contribution in [0.25, 0.3) is 0 Å². The van der Waals surface area contributed by atoms with Crippen molar-refractivity contribution < 1.29 is 4.79 Å². The maximum absolute atomic E-state index is 12.9. The van der Waals surface area contributed by atoms with Crippen LogP contribution >= 0.6 is 0 Å². The quantitative estimate of drug-likeness (QED) is 0.871. The molecule has 1 saturated heterocycles. The lowest BCUT2D eigenvalue weighted by Gasteiger charge is -2.36. The average Bonchev–Trinajstić information content (AvgIpc) is 2.53. The summed E-state index contributed by atoms with van der Waals surface area (Å²) in [6.45, 7) is 4.85. The SMILES string of the molecule is CCC1CCCCN1C(=O)c1cccc2c1NCCN2. The number of nitrogens with zero attached hydrogens (tertiary/aromatic N) is 1. The largest absolute Gasteiger partial charge is 0.382 e. The predicted octanol–water partition coefficient (Wildman–Crippen LogP) is 2.93. The number of carbonyl (C=O) groups is 1. The predicted molar refractivity (Wildman–Crippen MR) is 82.4 cm³/mol. The van der Waals surface area contributed by atoms with E-state index in [-0.39, 0.29) is 5.91 Å². The van der Waals surface area contributed by atoms with Gasteiger partial charge in [-0.2, -0.15) is 0 Å². The fraction of sp³-hybridized carbons (Fsp3) is 0.562. The molecule has 4 heteroatoms. The monoisotopic (exact) mass is 273 g/mol. The smallest absolute Gasteiger partial charge is 0.256 e. The number of hydrogen-bond donors (Lipinski definition) is 2. The molecular formula is C16H23N3O. The number of carbonyl (C=O) groups excluding carboxylic acids is 1. The number of amides is 1. The third-order valence-corrected chi connectivity index (χ3v) is 4.40. The maximum atomic E-state index is 12.9. The molecule has 0 aromatic heterocycles. The van der Waals surface area contributed by atoms with Gasteiger partial charge in [0, 0.05) is 25.7 Å². The summed E-state index contributed by atoms with van der Waals surface area (Å²) in [4.78, 5) is 15.0. The van der Waals surface area contributed by atoms with E-state index in [1.165, 1.54) is 6.42 Å². The van der Waals surface area contributed by atoms with Crippen molar-refractivity contribution in [2.75, 3.05) is 30.3 Å². The van der Waals surface area contributed by atoms with Gasteiger partial charge in [0.1, 0.15) is 0 Å². The van der Waals surface area contributed by atoms with E-state index in [0.29, 0.717) is 6.04 Å². The molecule has 2 N–H and O–H groups in total. The molecule has 0 radical (unpaired) electrons. The van der Waals surface area contributed by atoms with E-state index in [0.717, 1.165) is 55.8 Å². The van der Waals surface area contributed by atoms with Gasteiger partial charge in [-0.05, 0) is 37.8 Å². The Bertz CT molecular complexity index is 500. The number of rotatable bonds is 2. The van der Waals surface area contributed by atoms with E-state index in [1.807, 2.05) is 18.2 Å². The van der Waals surface area contributed by atoms with Crippen molar-refractivity contribution >= 4 is 17.3 Å². The number of hydrogen-bond acceptors (Lipinski definition) is 3. The highest BCUT2D eigenvalue weighted by molar-refractivity contribution is 6.03. The van der Waals surface area contributed by atoms with Gasteiger partial charge in [-0.15, -0.1) is 0 Å². The molecule has 1 unspecified atom stereocenters. The summed E-state index contributed by atoms with van der Waals surface area (Å²) >= 11 is 0. The van der Waals surface area contributed by atoms with Crippen LogP contribution in [0.2, 0.25) is 0 Å². The van der Waals surface area contributed by atoms with Gasteiger partial charge < -0.3 is 15.5 Å². The first-order chi connectivity index (χ1) is 9.81. The van der Waals surface area contributed by atoms with Crippen molar-refractivity contribution in [2.45, 2.75) is 38.6 Å². The first kappa shape index (κ1) is 13.3. The molecule has 2 aliphatic heterocycles. The molecule has 1 aromatic rings. The van der Waals surface area contributed by atoms with Crippen molar-refractivity contribution in [3.05, 3.63) is 23.8 Å². The van der Waals surface area contributed by atoms with Crippen molar-refractivity contribution in [3.63, 3.8) is 0 Å². The molecule has 1 fully saturated rings. The molecule has 2 aliphatic rings. The minimum atomic E-state index is 0.185. The lowest BCUT2D eigenvalue weighted by Crippen LogP contribution is -2.43. The van der Waals surface area contributed by atoms with E-state index in [1.54, 1.807) is 0 Å². The second kappa shape index (κ2) is 5.73. The van der Waals surface area contributed by atoms with Crippen LogP contribution in [-0.4, -0.2) is 36.5 Å². The number of fused-ring (bicyclic) bond motifs is 1. The summed E-state index contributed by atoms with van der Waals surface area (Å²) in [6, 6.07) is 6.36. The highest BCUT2D eigenvalue weighted by Gasteiger charge is 2.28. The van der Waals surface area contributed by atoms with Crippen LogP contribution in [0, 0.1) is 0 Å². The summed E-state index contributed by atoms with van der Waals surface area (Å²) < 4.78 is 0. The van der Waals surface area contributed by atoms with E-state index < -0.39 is 0 Å². The van der Waals surface area contributed by atoms with Gasteiger partial charge in [-0.3, -0.25) is 4.79 Å². The van der Waals surface area contributed by atoms with Crippen molar-refractivity contribution in [1.29, 1.82) is 0 Å². The lowest BCUT2D eigenvalue weighted by atomic mass is 9.98. The van der Waals surface area contributed by atoms with Gasteiger partial charge in [0.05, 0.1) is 16.9 Å². The van der Waals surface area contributed by atoms with Crippen LogP contribution in [0.4, 0.5) is 11.4 Å². The van der Waals surface area contributed by atoms with Crippen LogP contribution in [0.3, 0.4) is 0 Å². The Labute approximate surface area is 120 Å². The maximum Gasteiger partial charge on any atom is 0.256 e. The Hall–Kier alpha value is -1.71. The van der Waals surface area contributed by atoms with Crippen LogP contribution in [-0.2, 0) is 0 Å². The Kier molecular flexibility index (Phi) is 3.81. The molecule has 1 amide bonds. The van der Waals surface area contributed by atoms with Crippen LogP contribution in [0.15, 0.2) is 18.2 Å². The van der Waals surface area contributed by atoms with Crippen molar-refractivity contribution in [3.8, 4) is 0 Å². The number of likely N-dealkylation sites (tertiary alicyclic amines) is 1. The third kappa shape index (κ3) is 2.35. The zero-order valence-electron chi connectivity index (χ0n) is 12.1. The molecule has 4 nitrogen and oxygen atoms in total. The fourth-order valence-corrected chi connectivity index (χ4v) is 3.30. The van der Waals surface area contributed by atoms with Gasteiger partial charge in [0.2, 0.25) is 0 Å². The third-order valence-electron chi connectivity index (χ3n) is 4.40. The van der Waals surface area contributed by atoms with Gasteiger partial charge in [0.15, 0.2) is 0 Å².